The zero-order chi connectivity index (χ0) is 10.8. The number of aliphatic hydroxyl groups is 1. The van der Waals surface area contributed by atoms with Crippen molar-refractivity contribution in [3.63, 3.8) is 0 Å². The van der Waals surface area contributed by atoms with E-state index in [2.05, 4.69) is 7.58 Å². The molecule has 0 aromatic heterocycles. The summed E-state index contributed by atoms with van der Waals surface area (Å²) in [5.74, 6) is -3.36. The molecule has 0 amide bonds. The molecular formula is C6H8AlO8. The van der Waals surface area contributed by atoms with Gasteiger partial charge in [0.15, 0.2) is 5.60 Å². The molecule has 15 heavy (non-hydrogen) atoms. The van der Waals surface area contributed by atoms with E-state index in [0.717, 1.165) is 0 Å². The van der Waals surface area contributed by atoms with Crippen LogP contribution in [0.2, 0.25) is 0 Å². The maximum Gasteiger partial charge on any atom is 0.885 e. The van der Waals surface area contributed by atoms with Crippen LogP contribution in [0.4, 0.5) is 0 Å². The lowest BCUT2D eigenvalue weighted by molar-refractivity contribution is -0.164. The Labute approximate surface area is 90.5 Å². The Morgan fingerprint density at radius 1 is 1.47 bits per heavy atom. The molecule has 1 fully saturated rings. The molecule has 1 atom stereocenters. The highest BCUT2D eigenvalue weighted by atomic mass is 27.2. The normalized spacial score (nSPS) is 25.1. The molecule has 0 bridgehead atoms. The fourth-order valence-electron chi connectivity index (χ4n) is 0.969. The average Bonchev–Trinajstić information content (AvgIpc) is 2.11. The molecule has 1 aliphatic heterocycles. The minimum atomic E-state index is -2.30. The summed E-state index contributed by atoms with van der Waals surface area (Å²) in [7, 11) is 0. The van der Waals surface area contributed by atoms with Gasteiger partial charge in [0.25, 0.3) is 5.97 Å². The zero-order valence-electron chi connectivity index (χ0n) is 7.43. The maximum absolute atomic E-state index is 11.1. The Bertz CT molecular complexity index is 289. The summed E-state index contributed by atoms with van der Waals surface area (Å²) in [6, 6.07) is 0. The van der Waals surface area contributed by atoms with Gasteiger partial charge >= 0.3 is 27.8 Å². The van der Waals surface area contributed by atoms with Crippen LogP contribution >= 0.6 is 0 Å². The van der Waals surface area contributed by atoms with E-state index < -0.39 is 52.2 Å². The third-order valence-corrected chi connectivity index (χ3v) is 2.26. The molecule has 0 aromatic carbocycles. The van der Waals surface area contributed by atoms with Gasteiger partial charge in [0, 0.05) is 0 Å². The van der Waals surface area contributed by atoms with Gasteiger partial charge in [-0.25, -0.2) is 0 Å². The standard InChI is InChI=1S/C6H8O7.Al.H2O/c7-3(8)1-6(13,5(11)12)2-4(9)10;;/h13H,1-2H2,(H,7,8)(H,9,10)(H,11,12);;1H2/q;+2;/p-2. The van der Waals surface area contributed by atoms with Crippen LogP contribution in [0.3, 0.4) is 0 Å². The first-order valence-corrected chi connectivity index (χ1v) is 4.55. The summed E-state index contributed by atoms with van der Waals surface area (Å²) in [6.07, 6.45) is -1.56. The van der Waals surface area contributed by atoms with Crippen molar-refractivity contribution in [3.05, 3.63) is 0 Å². The fourth-order valence-corrected chi connectivity index (χ4v) is 1.51. The van der Waals surface area contributed by atoms with E-state index >= 15 is 0 Å². The molecule has 1 radical (unpaired) electrons. The van der Waals surface area contributed by atoms with Crippen LogP contribution in [0.25, 0.3) is 0 Å². The summed E-state index contributed by atoms with van der Waals surface area (Å²) in [4.78, 5) is 32.2. The molecule has 1 saturated heterocycles. The van der Waals surface area contributed by atoms with E-state index in [1.165, 1.54) is 0 Å². The zero-order valence-corrected chi connectivity index (χ0v) is 8.58. The van der Waals surface area contributed by atoms with Crippen molar-refractivity contribution in [3.8, 4) is 0 Å². The number of hydrogen-bond acceptors (Lipinski definition) is 6. The summed E-state index contributed by atoms with van der Waals surface area (Å²) in [6.45, 7) is 0. The monoisotopic (exact) mass is 235 g/mol. The van der Waals surface area contributed by atoms with Crippen molar-refractivity contribution in [2.45, 2.75) is 18.4 Å². The molecule has 83 valence electrons. The first-order valence-electron chi connectivity index (χ1n) is 3.60. The van der Waals surface area contributed by atoms with Gasteiger partial charge in [0.05, 0.1) is 12.8 Å². The van der Waals surface area contributed by atoms with Crippen molar-refractivity contribution in [1.82, 2.24) is 0 Å². The van der Waals surface area contributed by atoms with Crippen molar-refractivity contribution in [1.29, 1.82) is 0 Å². The highest BCUT2D eigenvalue weighted by Crippen LogP contribution is 2.20. The molecule has 0 spiro atoms. The molecule has 1 aliphatic rings. The predicted octanol–water partition coefficient (Wildman–Crippen LogP) is -2.61. The Morgan fingerprint density at radius 3 is 2.60 bits per heavy atom. The van der Waals surface area contributed by atoms with E-state index in [9.17, 15) is 19.5 Å². The minimum absolute atomic E-state index is 0. The number of hydrogen-bond donors (Lipinski definition) is 2. The van der Waals surface area contributed by atoms with Crippen LogP contribution < -0.4 is 0 Å². The van der Waals surface area contributed by atoms with Crippen LogP contribution in [-0.4, -0.2) is 55.1 Å². The minimum Gasteiger partial charge on any atom is -0.589 e. The third kappa shape index (κ3) is 3.49. The number of aliphatic carboxylic acids is 1. The van der Waals surface area contributed by atoms with Gasteiger partial charge < -0.3 is 23.3 Å². The van der Waals surface area contributed by atoms with Crippen LogP contribution in [0, 0.1) is 0 Å². The molecular weight excluding hydrogens is 227 g/mol. The first kappa shape index (κ1) is 13.9. The number of carbonyl (C=O) groups is 3. The van der Waals surface area contributed by atoms with E-state index in [1.807, 2.05) is 0 Å². The highest BCUT2D eigenvalue weighted by Gasteiger charge is 2.45. The Morgan fingerprint density at radius 2 is 2.07 bits per heavy atom. The van der Waals surface area contributed by atoms with Crippen LogP contribution in [0.1, 0.15) is 12.8 Å². The Hall–Kier alpha value is -1.14. The number of carboxylic acids is 1. The van der Waals surface area contributed by atoms with E-state index in [4.69, 9.17) is 5.11 Å². The predicted molar refractivity (Wildman–Crippen MR) is 43.4 cm³/mol. The van der Waals surface area contributed by atoms with Crippen molar-refractivity contribution < 1.29 is 37.6 Å². The SMILES string of the molecule is O.O=C(O)CC1(O)CC(=O)[O][Al][O]C1=O. The summed E-state index contributed by atoms with van der Waals surface area (Å²) in [5.41, 5.74) is -2.30. The van der Waals surface area contributed by atoms with Crippen molar-refractivity contribution in [2.24, 2.45) is 0 Å². The van der Waals surface area contributed by atoms with E-state index in [-0.39, 0.29) is 5.48 Å². The number of rotatable bonds is 2. The van der Waals surface area contributed by atoms with Gasteiger partial charge in [-0.05, 0) is 0 Å². The maximum atomic E-state index is 11.1. The molecule has 4 N–H and O–H groups in total. The first-order chi connectivity index (χ1) is 6.44. The second kappa shape index (κ2) is 5.09. The molecule has 1 heterocycles. The number of carboxylic acid groups (broad SMARTS) is 1. The second-order valence-electron chi connectivity index (χ2n) is 2.77. The molecule has 9 heteroatoms. The largest absolute Gasteiger partial charge is 0.885 e. The highest BCUT2D eigenvalue weighted by molar-refractivity contribution is 6.27. The van der Waals surface area contributed by atoms with Crippen molar-refractivity contribution in [2.75, 3.05) is 0 Å². The molecule has 1 unspecified atom stereocenters. The third-order valence-electron chi connectivity index (χ3n) is 1.60. The Balaban J connectivity index is 0.00000196. The van der Waals surface area contributed by atoms with Gasteiger partial charge in [-0.1, -0.05) is 0 Å². The fraction of sp³-hybridized carbons (Fsp3) is 0.500. The smallest absolute Gasteiger partial charge is 0.589 e. The lowest BCUT2D eigenvalue weighted by Crippen LogP contribution is -2.42. The van der Waals surface area contributed by atoms with Gasteiger partial charge in [0.2, 0.25) is 0 Å². The number of carbonyl (C=O) groups excluding carboxylic acids is 2. The lowest BCUT2D eigenvalue weighted by Gasteiger charge is -2.20. The van der Waals surface area contributed by atoms with Crippen molar-refractivity contribution >= 4 is 33.8 Å². The Kier molecular flexibility index (Phi) is 4.70. The van der Waals surface area contributed by atoms with Crippen LogP contribution in [0.15, 0.2) is 0 Å². The average molecular weight is 235 g/mol. The quantitative estimate of drug-likeness (QED) is 0.499. The molecule has 0 aromatic rings. The summed E-state index contributed by atoms with van der Waals surface area (Å²) in [5, 5.41) is 17.9. The van der Waals surface area contributed by atoms with Gasteiger partial charge in [-0.3, -0.25) is 14.4 Å². The van der Waals surface area contributed by atoms with Crippen LogP contribution in [-0.2, 0) is 22.0 Å². The summed E-state index contributed by atoms with van der Waals surface area (Å²) >= 11 is -1.30. The van der Waals surface area contributed by atoms with Crippen LogP contribution in [0.5, 0.6) is 0 Å². The van der Waals surface area contributed by atoms with Gasteiger partial charge in [0.1, 0.15) is 0 Å². The lowest BCUT2D eigenvalue weighted by atomic mass is 9.96. The van der Waals surface area contributed by atoms with E-state index in [1.54, 1.807) is 0 Å². The molecule has 1 rings (SSSR count). The molecule has 0 aliphatic carbocycles. The van der Waals surface area contributed by atoms with Gasteiger partial charge in [-0.15, -0.1) is 0 Å². The molecule has 0 saturated carbocycles. The van der Waals surface area contributed by atoms with Gasteiger partial charge in [-0.2, -0.15) is 0 Å². The van der Waals surface area contributed by atoms with E-state index in [0.29, 0.717) is 0 Å². The summed E-state index contributed by atoms with van der Waals surface area (Å²) < 4.78 is 8.78. The topological polar surface area (TPSA) is 142 Å². The second-order valence-corrected chi connectivity index (χ2v) is 3.43. The molecule has 8 nitrogen and oxygen atoms in total.